The number of para-hydroxylation sites is 1. The molecule has 0 unspecified atom stereocenters. The fraction of sp³-hybridized carbons (Fsp3) is 0.650. The summed E-state index contributed by atoms with van der Waals surface area (Å²) in [5, 5.41) is 9.75. The van der Waals surface area contributed by atoms with Crippen molar-refractivity contribution in [3.63, 3.8) is 0 Å². The molecule has 0 spiro atoms. The van der Waals surface area contributed by atoms with Crippen LogP contribution in [-0.4, -0.2) is 87.5 Å². The first-order chi connectivity index (χ1) is 12.6. The predicted molar refractivity (Wildman–Crippen MR) is 102 cm³/mol. The normalized spacial score (nSPS) is 22.3. The molecule has 1 aromatic carbocycles. The highest BCUT2D eigenvalue weighted by Gasteiger charge is 2.36. The molecule has 1 fully saturated rings. The largest absolute Gasteiger partial charge is 0.396 e. The van der Waals surface area contributed by atoms with E-state index >= 15 is 0 Å². The molecule has 1 aromatic rings. The summed E-state index contributed by atoms with van der Waals surface area (Å²) in [6.07, 6.45) is 1.01. The molecule has 6 nitrogen and oxygen atoms in total. The predicted octanol–water partition coefficient (Wildman–Crippen LogP) is 0.694. The third-order valence-corrected chi connectivity index (χ3v) is 5.70. The van der Waals surface area contributed by atoms with Crippen LogP contribution < -0.4 is 4.90 Å². The van der Waals surface area contributed by atoms with Crippen LogP contribution in [0.15, 0.2) is 24.3 Å². The number of amides is 1. The molecule has 0 radical (unpaired) electrons. The molecule has 144 valence electrons. The van der Waals surface area contributed by atoms with Crippen molar-refractivity contribution in [3.8, 4) is 0 Å². The van der Waals surface area contributed by atoms with Crippen LogP contribution in [0.3, 0.4) is 0 Å². The second kappa shape index (κ2) is 8.84. The van der Waals surface area contributed by atoms with Gasteiger partial charge in [0.05, 0.1) is 13.2 Å². The molecule has 0 aliphatic carbocycles. The summed E-state index contributed by atoms with van der Waals surface area (Å²) in [6, 6.07) is 8.33. The average Bonchev–Trinajstić information content (AvgIpc) is 3.24. The molecule has 2 aliphatic heterocycles. The zero-order chi connectivity index (χ0) is 18.5. The van der Waals surface area contributed by atoms with Crippen molar-refractivity contribution >= 4 is 11.6 Å². The Labute approximate surface area is 156 Å². The van der Waals surface area contributed by atoms with Crippen LogP contribution in [0.1, 0.15) is 5.56 Å². The first-order valence-electron chi connectivity index (χ1n) is 9.51. The zero-order valence-corrected chi connectivity index (χ0v) is 15.9. The maximum atomic E-state index is 12.8. The minimum Gasteiger partial charge on any atom is -0.396 e. The Balaban J connectivity index is 1.55. The van der Waals surface area contributed by atoms with Crippen LogP contribution in [0.4, 0.5) is 5.69 Å². The maximum absolute atomic E-state index is 12.8. The number of aliphatic hydroxyl groups excluding tert-OH is 1. The van der Waals surface area contributed by atoms with E-state index in [2.05, 4.69) is 35.0 Å². The highest BCUT2D eigenvalue weighted by atomic mass is 16.5. The van der Waals surface area contributed by atoms with Gasteiger partial charge in [-0.05, 0) is 31.0 Å². The lowest BCUT2D eigenvalue weighted by molar-refractivity contribution is -0.128. The average molecular weight is 361 g/mol. The Morgan fingerprint density at radius 1 is 1.31 bits per heavy atom. The van der Waals surface area contributed by atoms with E-state index in [1.165, 1.54) is 11.3 Å². The number of hydrogen-bond donors (Lipinski definition) is 1. The van der Waals surface area contributed by atoms with Gasteiger partial charge in [0.1, 0.15) is 0 Å². The van der Waals surface area contributed by atoms with Crippen molar-refractivity contribution in [3.05, 3.63) is 29.8 Å². The van der Waals surface area contributed by atoms with Gasteiger partial charge in [0.25, 0.3) is 0 Å². The highest BCUT2D eigenvalue weighted by Crippen LogP contribution is 2.28. The quantitative estimate of drug-likeness (QED) is 0.739. The minimum absolute atomic E-state index is 0.138. The standard InChI is InChI=1S/C20H31N3O3/c1-21(9-10-26-2)11-17-12-23(13-18(17)15-24)20(25)14-22-8-7-16-5-3-4-6-19(16)22/h3-6,17-18,24H,7-15H2,1-2H3/t17-,18-/m1/s1. The molecule has 2 heterocycles. The molecule has 2 atom stereocenters. The van der Waals surface area contributed by atoms with Crippen molar-refractivity contribution in [2.75, 3.05) is 71.5 Å². The molecular formula is C20H31N3O3. The lowest BCUT2D eigenvalue weighted by atomic mass is 9.96. The fourth-order valence-corrected chi connectivity index (χ4v) is 4.13. The number of likely N-dealkylation sites (N-methyl/N-ethyl adjacent to an activating group) is 1. The van der Waals surface area contributed by atoms with Crippen molar-refractivity contribution in [1.82, 2.24) is 9.80 Å². The number of rotatable bonds is 8. The number of methoxy groups -OCH3 is 1. The van der Waals surface area contributed by atoms with Gasteiger partial charge in [0.2, 0.25) is 5.91 Å². The van der Waals surface area contributed by atoms with Crippen molar-refractivity contribution in [2.24, 2.45) is 11.8 Å². The SMILES string of the molecule is COCCN(C)C[C@@H]1CN(C(=O)CN2CCc3ccccc32)C[C@@H]1CO. The summed E-state index contributed by atoms with van der Waals surface area (Å²) in [6.45, 7) is 5.31. The van der Waals surface area contributed by atoms with Crippen LogP contribution >= 0.6 is 0 Å². The van der Waals surface area contributed by atoms with Crippen LogP contribution in [-0.2, 0) is 16.0 Å². The summed E-state index contributed by atoms with van der Waals surface area (Å²) >= 11 is 0. The third-order valence-electron chi connectivity index (χ3n) is 5.70. The highest BCUT2D eigenvalue weighted by molar-refractivity contribution is 5.82. The van der Waals surface area contributed by atoms with Gasteiger partial charge in [-0.3, -0.25) is 4.79 Å². The summed E-state index contributed by atoms with van der Waals surface area (Å²) in [5.74, 6) is 0.647. The van der Waals surface area contributed by atoms with Gasteiger partial charge in [-0.25, -0.2) is 0 Å². The Bertz CT molecular complexity index is 610. The van der Waals surface area contributed by atoms with Gasteiger partial charge in [-0.15, -0.1) is 0 Å². The van der Waals surface area contributed by atoms with E-state index in [-0.39, 0.29) is 18.4 Å². The van der Waals surface area contributed by atoms with E-state index in [9.17, 15) is 9.90 Å². The number of nitrogens with zero attached hydrogens (tertiary/aromatic N) is 3. The number of carbonyl (C=O) groups excluding carboxylic acids is 1. The first-order valence-corrected chi connectivity index (χ1v) is 9.51. The van der Waals surface area contributed by atoms with Crippen molar-refractivity contribution in [1.29, 1.82) is 0 Å². The molecule has 0 bridgehead atoms. The molecule has 3 rings (SSSR count). The summed E-state index contributed by atoms with van der Waals surface area (Å²) in [5.41, 5.74) is 2.52. The second-order valence-corrected chi connectivity index (χ2v) is 7.56. The topological polar surface area (TPSA) is 56.2 Å². The number of benzene rings is 1. The number of aliphatic hydroxyl groups is 1. The molecule has 0 aromatic heterocycles. The smallest absolute Gasteiger partial charge is 0.242 e. The van der Waals surface area contributed by atoms with Crippen LogP contribution in [0, 0.1) is 11.8 Å². The Hall–Kier alpha value is -1.63. The van der Waals surface area contributed by atoms with Gasteiger partial charge in [-0.1, -0.05) is 18.2 Å². The molecule has 2 aliphatic rings. The first kappa shape index (κ1) is 19.1. The van der Waals surface area contributed by atoms with E-state index in [0.29, 0.717) is 25.6 Å². The number of hydrogen-bond acceptors (Lipinski definition) is 5. The molecule has 0 saturated carbocycles. The van der Waals surface area contributed by atoms with Crippen molar-refractivity contribution in [2.45, 2.75) is 6.42 Å². The lowest BCUT2D eigenvalue weighted by Gasteiger charge is -2.24. The summed E-state index contributed by atoms with van der Waals surface area (Å²) < 4.78 is 5.13. The fourth-order valence-electron chi connectivity index (χ4n) is 4.13. The van der Waals surface area contributed by atoms with Gasteiger partial charge < -0.3 is 24.5 Å². The third kappa shape index (κ3) is 4.37. The maximum Gasteiger partial charge on any atom is 0.242 e. The van der Waals surface area contributed by atoms with Gasteiger partial charge >= 0.3 is 0 Å². The Morgan fingerprint density at radius 2 is 2.08 bits per heavy atom. The monoisotopic (exact) mass is 361 g/mol. The van der Waals surface area contributed by atoms with E-state index in [0.717, 1.165) is 32.6 Å². The Kier molecular flexibility index (Phi) is 6.51. The summed E-state index contributed by atoms with van der Waals surface area (Å²) in [4.78, 5) is 19.2. The number of fused-ring (bicyclic) bond motifs is 1. The van der Waals surface area contributed by atoms with E-state index in [1.807, 2.05) is 11.0 Å². The number of ether oxygens (including phenoxy) is 1. The molecule has 1 amide bonds. The summed E-state index contributed by atoms with van der Waals surface area (Å²) in [7, 11) is 3.77. The van der Waals surface area contributed by atoms with Gasteiger partial charge in [0.15, 0.2) is 0 Å². The van der Waals surface area contributed by atoms with Gasteiger partial charge in [0, 0.05) is 58.0 Å². The lowest BCUT2D eigenvalue weighted by Crippen LogP contribution is -2.39. The Morgan fingerprint density at radius 3 is 2.85 bits per heavy atom. The number of anilines is 1. The molecular weight excluding hydrogens is 330 g/mol. The molecule has 1 N–H and O–H groups in total. The van der Waals surface area contributed by atoms with Crippen LogP contribution in [0.5, 0.6) is 0 Å². The van der Waals surface area contributed by atoms with E-state index in [4.69, 9.17) is 4.74 Å². The van der Waals surface area contributed by atoms with E-state index < -0.39 is 0 Å². The van der Waals surface area contributed by atoms with Crippen LogP contribution in [0.2, 0.25) is 0 Å². The molecule has 6 heteroatoms. The molecule has 26 heavy (non-hydrogen) atoms. The zero-order valence-electron chi connectivity index (χ0n) is 15.9. The van der Waals surface area contributed by atoms with E-state index in [1.54, 1.807) is 7.11 Å². The second-order valence-electron chi connectivity index (χ2n) is 7.56. The number of likely N-dealkylation sites (tertiary alicyclic amines) is 1. The van der Waals surface area contributed by atoms with Gasteiger partial charge in [-0.2, -0.15) is 0 Å². The minimum atomic E-state index is 0.138. The molecule has 1 saturated heterocycles. The van der Waals surface area contributed by atoms with Crippen molar-refractivity contribution < 1.29 is 14.6 Å². The van der Waals surface area contributed by atoms with Crippen LogP contribution in [0.25, 0.3) is 0 Å². The number of carbonyl (C=O) groups is 1.